The van der Waals surface area contributed by atoms with E-state index >= 15 is 0 Å². The number of nitrogens with zero attached hydrogens (tertiary/aromatic N) is 3. The van der Waals surface area contributed by atoms with Crippen LogP contribution in [-0.4, -0.2) is 70.4 Å². The standard InChI is InChI=1S/C41H47N5O7S/c1-4-6-7-8-9-17-32(44-39-43-31-16-12-13-18-35(31)53-39)37(48)46-26-29(52-36-30-15-11-10-14-27(30)19-22-42-36)23-33(46)34(47)25-41(24-28(41)5-2)38(49)45-54(50,51)40(3)20-21-40/h4-5,10-16,18-19,22,28-29,32-33H,1-2,6-9,17,20-21,23-26H2,3H3,(H,43,44)(H,45,49)/t28-,29-,32+,33+,41-/m1/s1. The topological polar surface area (TPSA) is 161 Å². The summed E-state index contributed by atoms with van der Waals surface area (Å²) < 4.78 is 39.9. The molecular formula is C41H47N5O7S. The number of fused-ring (bicyclic) bond motifs is 2. The Morgan fingerprint density at radius 1 is 1.07 bits per heavy atom. The number of Topliss-reactive ketones (excluding diaryl/α,β-unsaturated/α-hetero) is 1. The maximum atomic E-state index is 14.7. The second-order valence-electron chi connectivity index (χ2n) is 15.2. The number of para-hydroxylation sites is 2. The van der Waals surface area contributed by atoms with Crippen molar-refractivity contribution >= 4 is 55.5 Å². The molecule has 0 bridgehead atoms. The van der Waals surface area contributed by atoms with E-state index in [0.717, 1.165) is 36.5 Å². The van der Waals surface area contributed by atoms with E-state index in [0.29, 0.717) is 36.2 Å². The molecule has 4 aromatic rings. The maximum Gasteiger partial charge on any atom is 0.296 e. The van der Waals surface area contributed by atoms with Crippen molar-refractivity contribution in [2.24, 2.45) is 11.3 Å². The lowest BCUT2D eigenvalue weighted by Crippen LogP contribution is -2.49. The number of pyridine rings is 1. The van der Waals surface area contributed by atoms with Crippen molar-refractivity contribution in [3.63, 3.8) is 0 Å². The number of likely N-dealkylation sites (tertiary alicyclic amines) is 1. The molecule has 2 saturated carbocycles. The highest BCUT2D eigenvalue weighted by Crippen LogP contribution is 2.57. The van der Waals surface area contributed by atoms with Crippen LogP contribution in [0.3, 0.4) is 0 Å². The summed E-state index contributed by atoms with van der Waals surface area (Å²) in [5.41, 5.74) is -0.0573. The molecule has 0 radical (unpaired) electrons. The molecule has 2 aromatic carbocycles. The van der Waals surface area contributed by atoms with Crippen LogP contribution >= 0.6 is 0 Å². The van der Waals surface area contributed by atoms with Crippen LogP contribution in [0.4, 0.5) is 6.01 Å². The van der Waals surface area contributed by atoms with E-state index in [1.165, 1.54) is 0 Å². The Balaban J connectivity index is 1.17. The molecule has 2 amide bonds. The summed E-state index contributed by atoms with van der Waals surface area (Å²) in [6, 6.07) is 15.4. The highest BCUT2D eigenvalue weighted by molar-refractivity contribution is 7.91. The summed E-state index contributed by atoms with van der Waals surface area (Å²) in [5, 5.41) is 4.97. The average Bonchev–Trinajstić information content (AvgIpc) is 3.98. The SMILES string of the molecule is C=CCCCCC[C@H](Nc1nc2ccccc2o1)C(=O)N1C[C@H](Oc2nccc3ccccc23)C[C@H]1C(=O)C[C@]1(C(=O)NS(=O)(=O)C2(C)CC2)C[C@H]1C=C. The lowest BCUT2D eigenvalue weighted by atomic mass is 9.91. The van der Waals surface area contributed by atoms with Crippen molar-refractivity contribution in [1.82, 2.24) is 19.6 Å². The molecule has 2 aromatic heterocycles. The van der Waals surface area contributed by atoms with Gasteiger partial charge in [0.1, 0.15) is 17.7 Å². The number of allylic oxidation sites excluding steroid dienone is 2. The Morgan fingerprint density at radius 2 is 1.85 bits per heavy atom. The van der Waals surface area contributed by atoms with Gasteiger partial charge >= 0.3 is 0 Å². The van der Waals surface area contributed by atoms with Crippen LogP contribution in [0.1, 0.15) is 71.1 Å². The number of benzene rings is 2. The summed E-state index contributed by atoms with van der Waals surface area (Å²) >= 11 is 0. The summed E-state index contributed by atoms with van der Waals surface area (Å²) in [5.74, 6) is -1.36. The van der Waals surface area contributed by atoms with Crippen molar-refractivity contribution < 1.29 is 32.0 Å². The Morgan fingerprint density at radius 3 is 2.59 bits per heavy atom. The van der Waals surface area contributed by atoms with Gasteiger partial charge in [0.25, 0.3) is 6.01 Å². The predicted molar refractivity (Wildman–Crippen MR) is 206 cm³/mol. The van der Waals surface area contributed by atoms with Crippen LogP contribution in [0, 0.1) is 11.3 Å². The van der Waals surface area contributed by atoms with E-state index in [9.17, 15) is 22.8 Å². The van der Waals surface area contributed by atoms with Gasteiger partial charge in [0, 0.05) is 24.4 Å². The summed E-state index contributed by atoms with van der Waals surface area (Å²) in [6.45, 7) is 9.37. The number of hydrogen-bond donors (Lipinski definition) is 2. The normalized spacial score (nSPS) is 23.4. The lowest BCUT2D eigenvalue weighted by Gasteiger charge is -2.29. The fourth-order valence-corrected chi connectivity index (χ4v) is 8.87. The third kappa shape index (κ3) is 7.51. The molecule has 7 rings (SSSR count). The van der Waals surface area contributed by atoms with Crippen LogP contribution < -0.4 is 14.8 Å². The summed E-state index contributed by atoms with van der Waals surface area (Å²) in [6.07, 6.45) is 9.50. The Bertz CT molecular complexity index is 2160. The van der Waals surface area contributed by atoms with Gasteiger partial charge in [0.15, 0.2) is 11.4 Å². The van der Waals surface area contributed by atoms with Gasteiger partial charge in [-0.25, -0.2) is 13.4 Å². The molecule has 2 N–H and O–H groups in total. The van der Waals surface area contributed by atoms with Crippen LogP contribution in [0.5, 0.6) is 5.88 Å². The molecule has 0 unspecified atom stereocenters. The van der Waals surface area contributed by atoms with Crippen LogP contribution in [0.25, 0.3) is 21.9 Å². The molecule has 1 aliphatic heterocycles. The van der Waals surface area contributed by atoms with Crippen molar-refractivity contribution in [1.29, 1.82) is 0 Å². The fraction of sp³-hybridized carbons (Fsp3) is 0.439. The third-order valence-electron chi connectivity index (χ3n) is 11.3. The number of sulfonamides is 1. The Labute approximate surface area is 315 Å². The Hall–Kier alpha value is -5.04. The van der Waals surface area contributed by atoms with E-state index in [4.69, 9.17) is 9.15 Å². The number of amides is 2. The second-order valence-corrected chi connectivity index (χ2v) is 17.4. The van der Waals surface area contributed by atoms with Crippen molar-refractivity contribution in [3.8, 4) is 5.88 Å². The van der Waals surface area contributed by atoms with Crippen molar-refractivity contribution in [2.45, 2.75) is 94.1 Å². The summed E-state index contributed by atoms with van der Waals surface area (Å²) in [4.78, 5) is 53.5. The van der Waals surface area contributed by atoms with Gasteiger partial charge in [-0.3, -0.25) is 19.1 Å². The van der Waals surface area contributed by atoms with E-state index in [-0.39, 0.29) is 49.4 Å². The highest BCUT2D eigenvalue weighted by Gasteiger charge is 2.62. The molecule has 1 saturated heterocycles. The number of unbranched alkanes of at least 4 members (excludes halogenated alkanes) is 3. The number of oxazole rings is 1. The number of hydrogen-bond acceptors (Lipinski definition) is 10. The largest absolute Gasteiger partial charge is 0.472 e. The van der Waals surface area contributed by atoms with Crippen LogP contribution in [-0.2, 0) is 24.4 Å². The monoisotopic (exact) mass is 753 g/mol. The quantitative estimate of drug-likeness (QED) is 0.0849. The number of anilines is 1. The highest BCUT2D eigenvalue weighted by atomic mass is 32.2. The van der Waals surface area contributed by atoms with Gasteiger partial charge in [-0.05, 0) is 81.0 Å². The molecule has 12 nitrogen and oxygen atoms in total. The predicted octanol–water partition coefficient (Wildman–Crippen LogP) is 6.49. The average molecular weight is 754 g/mol. The van der Waals surface area contributed by atoms with E-state index in [2.05, 4.69) is 33.2 Å². The molecule has 2 aliphatic carbocycles. The molecule has 284 valence electrons. The molecule has 5 atom stereocenters. The number of ether oxygens (including phenoxy) is 1. The molecular weight excluding hydrogens is 707 g/mol. The lowest BCUT2D eigenvalue weighted by molar-refractivity contribution is -0.139. The number of rotatable bonds is 18. The molecule has 3 aliphatic rings. The van der Waals surface area contributed by atoms with Gasteiger partial charge in [-0.1, -0.05) is 55.3 Å². The minimum atomic E-state index is -3.93. The Kier molecular flexibility index (Phi) is 10.4. The van der Waals surface area contributed by atoms with E-state index in [1.54, 1.807) is 30.2 Å². The molecule has 0 spiro atoms. The zero-order valence-corrected chi connectivity index (χ0v) is 31.4. The molecule has 13 heteroatoms. The number of carbonyl (C=O) groups excluding carboxylic acids is 3. The first kappa shape index (κ1) is 37.3. The van der Waals surface area contributed by atoms with E-state index in [1.807, 2.05) is 54.6 Å². The third-order valence-corrected chi connectivity index (χ3v) is 13.5. The number of nitrogens with one attached hydrogen (secondary N) is 2. The second kappa shape index (κ2) is 15.0. The maximum absolute atomic E-state index is 14.7. The number of ketones is 1. The first-order chi connectivity index (χ1) is 26.0. The zero-order chi connectivity index (χ0) is 38.1. The zero-order valence-electron chi connectivity index (χ0n) is 30.5. The van der Waals surface area contributed by atoms with Crippen LogP contribution in [0.15, 0.2) is 90.5 Å². The smallest absolute Gasteiger partial charge is 0.296 e. The first-order valence-corrected chi connectivity index (χ1v) is 20.2. The number of carbonyl (C=O) groups is 3. The van der Waals surface area contributed by atoms with Gasteiger partial charge in [0.05, 0.1) is 22.7 Å². The first-order valence-electron chi connectivity index (χ1n) is 18.7. The summed E-state index contributed by atoms with van der Waals surface area (Å²) in [7, 11) is -3.93. The number of aromatic nitrogens is 2. The van der Waals surface area contributed by atoms with Gasteiger partial charge in [-0.2, -0.15) is 4.98 Å². The minimum Gasteiger partial charge on any atom is -0.472 e. The molecule has 54 heavy (non-hydrogen) atoms. The molecule has 3 fully saturated rings. The van der Waals surface area contributed by atoms with Crippen LogP contribution in [0.2, 0.25) is 0 Å². The van der Waals surface area contributed by atoms with E-state index < -0.39 is 44.3 Å². The van der Waals surface area contributed by atoms with Crippen molar-refractivity contribution in [2.75, 3.05) is 11.9 Å². The van der Waals surface area contributed by atoms with Gasteiger partial charge < -0.3 is 19.4 Å². The van der Waals surface area contributed by atoms with Crippen molar-refractivity contribution in [3.05, 3.63) is 86.1 Å². The fourth-order valence-electron chi connectivity index (χ4n) is 7.54. The minimum absolute atomic E-state index is 0.0964. The molecule has 3 heterocycles. The van der Waals surface area contributed by atoms with Gasteiger partial charge in [0.2, 0.25) is 27.7 Å². The van der Waals surface area contributed by atoms with Gasteiger partial charge in [-0.15, -0.1) is 13.2 Å².